The SMILES string of the molecule is NC(=O)c1cn(CCN2CCOCC2)c2cccc(N)c2c1=O. The maximum Gasteiger partial charge on any atom is 0.254 e. The van der Waals surface area contributed by atoms with Gasteiger partial charge in [-0.2, -0.15) is 0 Å². The number of rotatable bonds is 4. The van der Waals surface area contributed by atoms with Gasteiger partial charge in [-0.05, 0) is 12.1 Å². The van der Waals surface area contributed by atoms with Crippen LogP contribution >= 0.6 is 0 Å². The highest BCUT2D eigenvalue weighted by atomic mass is 16.5. The van der Waals surface area contributed by atoms with Crippen LogP contribution in [0.25, 0.3) is 10.9 Å². The topological polar surface area (TPSA) is 104 Å². The van der Waals surface area contributed by atoms with Crippen molar-refractivity contribution >= 4 is 22.5 Å². The highest BCUT2D eigenvalue weighted by Gasteiger charge is 2.16. The van der Waals surface area contributed by atoms with Crippen molar-refractivity contribution in [2.24, 2.45) is 5.73 Å². The summed E-state index contributed by atoms with van der Waals surface area (Å²) in [5.41, 5.74) is 11.9. The molecule has 2 aromatic rings. The van der Waals surface area contributed by atoms with Crippen LogP contribution in [-0.4, -0.2) is 48.2 Å². The second-order valence-corrected chi connectivity index (χ2v) is 5.62. The molecule has 1 fully saturated rings. The van der Waals surface area contributed by atoms with E-state index in [2.05, 4.69) is 4.90 Å². The molecule has 2 heterocycles. The average molecular weight is 316 g/mol. The van der Waals surface area contributed by atoms with E-state index in [0.717, 1.165) is 32.8 Å². The lowest BCUT2D eigenvalue weighted by Gasteiger charge is -2.27. The zero-order valence-corrected chi connectivity index (χ0v) is 12.8. The number of hydrogen-bond donors (Lipinski definition) is 2. The monoisotopic (exact) mass is 316 g/mol. The Balaban J connectivity index is 2.01. The number of benzene rings is 1. The molecule has 23 heavy (non-hydrogen) atoms. The number of morpholine rings is 1. The van der Waals surface area contributed by atoms with Gasteiger partial charge in [-0.1, -0.05) is 6.07 Å². The fraction of sp³-hybridized carbons (Fsp3) is 0.375. The molecule has 0 atom stereocenters. The molecule has 1 aromatic carbocycles. The number of nitrogen functional groups attached to an aromatic ring is 1. The fourth-order valence-corrected chi connectivity index (χ4v) is 2.90. The third-order valence-electron chi connectivity index (χ3n) is 4.17. The van der Waals surface area contributed by atoms with Gasteiger partial charge in [0.25, 0.3) is 5.91 Å². The van der Waals surface area contributed by atoms with Crippen LogP contribution in [0.5, 0.6) is 0 Å². The van der Waals surface area contributed by atoms with E-state index in [9.17, 15) is 9.59 Å². The Morgan fingerprint density at radius 1 is 1.22 bits per heavy atom. The largest absolute Gasteiger partial charge is 0.398 e. The minimum absolute atomic E-state index is 0.0302. The van der Waals surface area contributed by atoms with E-state index in [-0.39, 0.29) is 5.56 Å². The van der Waals surface area contributed by atoms with Crippen molar-refractivity contribution < 1.29 is 9.53 Å². The molecule has 0 unspecified atom stereocenters. The van der Waals surface area contributed by atoms with Crippen LogP contribution in [0.15, 0.2) is 29.2 Å². The summed E-state index contributed by atoms with van der Waals surface area (Å²) in [6.07, 6.45) is 1.53. The molecule has 1 aliphatic rings. The molecule has 7 nitrogen and oxygen atoms in total. The normalized spacial score (nSPS) is 15.8. The molecule has 122 valence electrons. The van der Waals surface area contributed by atoms with Crippen LogP contribution in [0.3, 0.4) is 0 Å². The Hall–Kier alpha value is -2.38. The first-order valence-corrected chi connectivity index (χ1v) is 7.59. The zero-order valence-electron chi connectivity index (χ0n) is 12.8. The fourth-order valence-electron chi connectivity index (χ4n) is 2.90. The first-order chi connectivity index (χ1) is 11.1. The Labute approximate surface area is 133 Å². The number of nitrogens with zero attached hydrogens (tertiary/aromatic N) is 2. The molecule has 0 saturated carbocycles. The van der Waals surface area contributed by atoms with E-state index in [1.54, 1.807) is 12.1 Å². The van der Waals surface area contributed by atoms with E-state index in [1.807, 2.05) is 10.6 Å². The summed E-state index contributed by atoms with van der Waals surface area (Å²) in [7, 11) is 0. The minimum Gasteiger partial charge on any atom is -0.398 e. The van der Waals surface area contributed by atoms with Gasteiger partial charge in [0.15, 0.2) is 0 Å². The number of hydrogen-bond acceptors (Lipinski definition) is 5. The highest BCUT2D eigenvalue weighted by Crippen LogP contribution is 2.18. The average Bonchev–Trinajstić information content (AvgIpc) is 2.55. The first kappa shape index (κ1) is 15.5. The van der Waals surface area contributed by atoms with E-state index in [1.165, 1.54) is 6.20 Å². The second-order valence-electron chi connectivity index (χ2n) is 5.62. The van der Waals surface area contributed by atoms with Crippen LogP contribution in [0.4, 0.5) is 5.69 Å². The summed E-state index contributed by atoms with van der Waals surface area (Å²) in [6.45, 7) is 4.65. The highest BCUT2D eigenvalue weighted by molar-refractivity contribution is 5.99. The Morgan fingerprint density at radius 3 is 2.65 bits per heavy atom. The van der Waals surface area contributed by atoms with Gasteiger partial charge < -0.3 is 20.8 Å². The number of anilines is 1. The molecule has 1 aromatic heterocycles. The number of nitrogens with two attached hydrogens (primary N) is 2. The summed E-state index contributed by atoms with van der Waals surface area (Å²) in [5.74, 6) is -0.736. The molecule has 0 radical (unpaired) electrons. The summed E-state index contributed by atoms with van der Waals surface area (Å²) >= 11 is 0. The molecule has 1 aliphatic heterocycles. The smallest absolute Gasteiger partial charge is 0.254 e. The van der Waals surface area contributed by atoms with E-state index in [4.69, 9.17) is 16.2 Å². The number of carbonyl (C=O) groups excluding carboxylic acids is 1. The van der Waals surface area contributed by atoms with Crippen LogP contribution in [0.1, 0.15) is 10.4 Å². The lowest BCUT2D eigenvalue weighted by molar-refractivity contribution is 0.0365. The zero-order chi connectivity index (χ0) is 16.4. The number of ether oxygens (including phenoxy) is 1. The number of fused-ring (bicyclic) bond motifs is 1. The lowest BCUT2D eigenvalue weighted by Crippen LogP contribution is -2.38. The summed E-state index contributed by atoms with van der Waals surface area (Å²) in [4.78, 5) is 26.3. The number of pyridine rings is 1. The van der Waals surface area contributed by atoms with Crippen molar-refractivity contribution in [1.29, 1.82) is 0 Å². The predicted molar refractivity (Wildman–Crippen MR) is 88.4 cm³/mol. The van der Waals surface area contributed by atoms with Gasteiger partial charge >= 0.3 is 0 Å². The van der Waals surface area contributed by atoms with Crippen LogP contribution < -0.4 is 16.9 Å². The van der Waals surface area contributed by atoms with Gasteiger partial charge in [0.05, 0.1) is 24.1 Å². The van der Waals surface area contributed by atoms with Crippen molar-refractivity contribution in [3.8, 4) is 0 Å². The molecule has 7 heteroatoms. The maximum absolute atomic E-state index is 12.4. The Kier molecular flexibility index (Phi) is 4.31. The van der Waals surface area contributed by atoms with Crippen molar-refractivity contribution in [3.05, 3.63) is 40.2 Å². The number of primary amides is 1. The van der Waals surface area contributed by atoms with Gasteiger partial charge in [-0.25, -0.2) is 0 Å². The Bertz CT molecular complexity index is 794. The first-order valence-electron chi connectivity index (χ1n) is 7.59. The second kappa shape index (κ2) is 6.39. The molecule has 3 rings (SSSR count). The van der Waals surface area contributed by atoms with E-state index >= 15 is 0 Å². The molecule has 0 bridgehead atoms. The standard InChI is InChI=1S/C16H20N4O3/c17-12-2-1-3-13-14(12)15(21)11(16(18)22)10-20(13)5-4-19-6-8-23-9-7-19/h1-3,10H,4-9,17H2,(H2,18,22). The molecule has 1 saturated heterocycles. The summed E-state index contributed by atoms with van der Waals surface area (Å²) in [6, 6.07) is 5.28. The van der Waals surface area contributed by atoms with Gasteiger partial charge in [0.2, 0.25) is 5.43 Å². The van der Waals surface area contributed by atoms with Crippen molar-refractivity contribution in [2.45, 2.75) is 6.54 Å². The summed E-state index contributed by atoms with van der Waals surface area (Å²) < 4.78 is 7.21. The molecule has 4 N–H and O–H groups in total. The molecular weight excluding hydrogens is 296 g/mol. The lowest BCUT2D eigenvalue weighted by atomic mass is 10.1. The Morgan fingerprint density at radius 2 is 1.96 bits per heavy atom. The number of amides is 1. The maximum atomic E-state index is 12.4. The predicted octanol–water partition coefficient (Wildman–Crippen LogP) is 0.0148. The van der Waals surface area contributed by atoms with Gasteiger partial charge in [-0.15, -0.1) is 0 Å². The molecule has 1 amide bonds. The van der Waals surface area contributed by atoms with E-state index < -0.39 is 11.3 Å². The quantitative estimate of drug-likeness (QED) is 0.774. The summed E-state index contributed by atoms with van der Waals surface area (Å²) in [5, 5.41) is 0.353. The van der Waals surface area contributed by atoms with Gasteiger partial charge in [0.1, 0.15) is 5.56 Å². The molecule has 0 spiro atoms. The molecule has 0 aliphatic carbocycles. The third-order valence-corrected chi connectivity index (χ3v) is 4.17. The van der Waals surface area contributed by atoms with Crippen LogP contribution in [0, 0.1) is 0 Å². The molecular formula is C16H20N4O3. The van der Waals surface area contributed by atoms with Gasteiger partial charge in [-0.3, -0.25) is 14.5 Å². The third kappa shape index (κ3) is 3.06. The van der Waals surface area contributed by atoms with Gasteiger partial charge in [0, 0.05) is 38.1 Å². The minimum atomic E-state index is -0.736. The van der Waals surface area contributed by atoms with Crippen LogP contribution in [0.2, 0.25) is 0 Å². The number of aromatic nitrogens is 1. The van der Waals surface area contributed by atoms with Crippen LogP contribution in [-0.2, 0) is 11.3 Å². The van der Waals surface area contributed by atoms with Crippen molar-refractivity contribution in [2.75, 3.05) is 38.6 Å². The number of carbonyl (C=O) groups is 1. The van der Waals surface area contributed by atoms with Crippen molar-refractivity contribution in [1.82, 2.24) is 9.47 Å². The van der Waals surface area contributed by atoms with Crippen molar-refractivity contribution in [3.63, 3.8) is 0 Å². The van der Waals surface area contributed by atoms with E-state index in [0.29, 0.717) is 23.1 Å².